The first-order valence-electron chi connectivity index (χ1n) is 6.53. The molecule has 6 nitrogen and oxygen atoms in total. The number of aromatic nitrogens is 4. The van der Waals surface area contributed by atoms with Gasteiger partial charge in [-0.25, -0.2) is 4.98 Å². The van der Waals surface area contributed by atoms with E-state index in [1.54, 1.807) is 12.5 Å². The van der Waals surface area contributed by atoms with Gasteiger partial charge in [0.25, 0.3) is 0 Å². The van der Waals surface area contributed by atoms with Crippen LogP contribution in [-0.4, -0.2) is 32.2 Å². The number of rotatable bonds is 3. The van der Waals surface area contributed by atoms with Crippen molar-refractivity contribution in [3.05, 3.63) is 48.5 Å². The van der Waals surface area contributed by atoms with Crippen LogP contribution in [0.1, 0.15) is 5.56 Å². The molecule has 0 radical (unpaired) electrons. The molecule has 1 aliphatic rings. The average molecular weight is 267 g/mol. The highest BCUT2D eigenvalue weighted by molar-refractivity contribution is 5.61. The molecule has 6 heteroatoms. The molecule has 4 rings (SSSR count). The molecule has 0 spiro atoms. The van der Waals surface area contributed by atoms with E-state index < -0.39 is 0 Å². The van der Waals surface area contributed by atoms with Gasteiger partial charge in [-0.1, -0.05) is 18.2 Å². The Bertz CT molecular complexity index is 729. The second-order valence-corrected chi connectivity index (χ2v) is 4.77. The molecular weight excluding hydrogens is 254 g/mol. The number of fused-ring (bicyclic) bond motifs is 2. The third-order valence-electron chi connectivity index (χ3n) is 3.43. The van der Waals surface area contributed by atoms with E-state index >= 15 is 0 Å². The number of nitrogens with zero attached hydrogens (tertiary/aromatic N) is 4. The summed E-state index contributed by atoms with van der Waals surface area (Å²) in [6, 6.07) is 8.14. The zero-order valence-electron chi connectivity index (χ0n) is 10.7. The van der Waals surface area contributed by atoms with Crippen LogP contribution < -0.4 is 10.1 Å². The van der Waals surface area contributed by atoms with E-state index in [4.69, 9.17) is 4.74 Å². The van der Waals surface area contributed by atoms with Crippen molar-refractivity contribution in [2.24, 2.45) is 0 Å². The molecule has 20 heavy (non-hydrogen) atoms. The quantitative estimate of drug-likeness (QED) is 0.780. The van der Waals surface area contributed by atoms with Crippen LogP contribution in [0.3, 0.4) is 0 Å². The second-order valence-electron chi connectivity index (χ2n) is 4.77. The summed E-state index contributed by atoms with van der Waals surface area (Å²) in [4.78, 5) is 4.30. The second kappa shape index (κ2) is 4.48. The molecule has 0 aliphatic carbocycles. The summed E-state index contributed by atoms with van der Waals surface area (Å²) in [7, 11) is 0. The number of para-hydroxylation sites is 1. The van der Waals surface area contributed by atoms with Gasteiger partial charge in [0.2, 0.25) is 5.65 Å². The van der Waals surface area contributed by atoms with Crippen molar-refractivity contribution in [1.82, 2.24) is 19.6 Å². The third kappa shape index (κ3) is 1.85. The fraction of sp³-hybridized carbons (Fsp3) is 0.214. The van der Waals surface area contributed by atoms with Gasteiger partial charge in [-0.3, -0.25) is 4.40 Å². The smallest absolute Gasteiger partial charge is 0.203 e. The van der Waals surface area contributed by atoms with Crippen LogP contribution >= 0.6 is 0 Å². The van der Waals surface area contributed by atoms with E-state index in [0.717, 1.165) is 23.6 Å². The predicted octanol–water partition coefficient (Wildman–Crippen LogP) is 1.54. The molecule has 0 fully saturated rings. The van der Waals surface area contributed by atoms with E-state index in [1.807, 2.05) is 28.8 Å². The molecule has 1 unspecified atom stereocenters. The van der Waals surface area contributed by atoms with Crippen LogP contribution in [0.4, 0.5) is 5.82 Å². The monoisotopic (exact) mass is 267 g/mol. The highest BCUT2D eigenvalue weighted by Crippen LogP contribution is 2.28. The molecule has 0 saturated carbocycles. The number of hydrogen-bond acceptors (Lipinski definition) is 5. The number of anilines is 1. The van der Waals surface area contributed by atoms with Gasteiger partial charge < -0.3 is 10.1 Å². The van der Waals surface area contributed by atoms with Crippen molar-refractivity contribution in [2.75, 3.05) is 11.9 Å². The Morgan fingerprint density at radius 1 is 1.35 bits per heavy atom. The number of benzene rings is 1. The standard InChI is InChI=1S/C14H13N5O/c1-2-4-12-10(3-1)7-11(20-12)8-16-13-14-18-17-9-19(14)6-5-15-13/h1-6,9,11H,7-8H2,(H,15,16). The third-order valence-corrected chi connectivity index (χ3v) is 3.43. The highest BCUT2D eigenvalue weighted by atomic mass is 16.5. The minimum atomic E-state index is 0.123. The minimum absolute atomic E-state index is 0.123. The van der Waals surface area contributed by atoms with Crippen molar-refractivity contribution in [3.63, 3.8) is 0 Å². The van der Waals surface area contributed by atoms with Crippen molar-refractivity contribution >= 4 is 11.5 Å². The molecule has 0 amide bonds. The summed E-state index contributed by atoms with van der Waals surface area (Å²) >= 11 is 0. The number of ether oxygens (including phenoxy) is 1. The van der Waals surface area contributed by atoms with E-state index in [9.17, 15) is 0 Å². The zero-order valence-corrected chi connectivity index (χ0v) is 10.7. The molecule has 1 N–H and O–H groups in total. The molecule has 1 atom stereocenters. The maximum atomic E-state index is 5.89. The average Bonchev–Trinajstić information content (AvgIpc) is 3.11. The Kier molecular flexibility index (Phi) is 2.51. The lowest BCUT2D eigenvalue weighted by Crippen LogP contribution is -2.24. The van der Waals surface area contributed by atoms with Crippen molar-refractivity contribution < 1.29 is 4.74 Å². The molecule has 0 saturated heterocycles. The lowest BCUT2D eigenvalue weighted by atomic mass is 10.1. The number of hydrogen-bond donors (Lipinski definition) is 1. The van der Waals surface area contributed by atoms with Gasteiger partial charge in [-0.2, -0.15) is 0 Å². The lowest BCUT2D eigenvalue weighted by molar-refractivity contribution is 0.246. The highest BCUT2D eigenvalue weighted by Gasteiger charge is 2.22. The van der Waals surface area contributed by atoms with E-state index in [1.165, 1.54) is 5.56 Å². The summed E-state index contributed by atoms with van der Waals surface area (Å²) in [6.07, 6.45) is 6.24. The Balaban J connectivity index is 1.48. The van der Waals surface area contributed by atoms with Gasteiger partial charge in [-0.15, -0.1) is 10.2 Å². The molecule has 3 heterocycles. The van der Waals surface area contributed by atoms with Crippen LogP contribution in [0, 0.1) is 0 Å². The largest absolute Gasteiger partial charge is 0.488 e. The summed E-state index contributed by atoms with van der Waals surface area (Å²) < 4.78 is 7.72. The topological polar surface area (TPSA) is 64.3 Å². The van der Waals surface area contributed by atoms with Gasteiger partial charge in [-0.05, 0) is 11.6 Å². The van der Waals surface area contributed by atoms with Crippen molar-refractivity contribution in [1.29, 1.82) is 0 Å². The fourth-order valence-electron chi connectivity index (χ4n) is 2.46. The Morgan fingerprint density at radius 2 is 2.30 bits per heavy atom. The normalized spacial score (nSPS) is 16.9. The lowest BCUT2D eigenvalue weighted by Gasteiger charge is -2.12. The SMILES string of the molecule is c1ccc2c(c1)CC(CNc1nccn3cnnc13)O2. The van der Waals surface area contributed by atoms with E-state index in [2.05, 4.69) is 26.6 Å². The number of nitrogens with one attached hydrogen (secondary N) is 1. The predicted molar refractivity (Wildman–Crippen MR) is 73.8 cm³/mol. The fourth-order valence-corrected chi connectivity index (χ4v) is 2.46. The first-order chi connectivity index (χ1) is 9.90. The zero-order chi connectivity index (χ0) is 13.4. The van der Waals surface area contributed by atoms with E-state index in [-0.39, 0.29) is 6.10 Å². The van der Waals surface area contributed by atoms with Crippen LogP contribution in [0.15, 0.2) is 43.0 Å². The van der Waals surface area contributed by atoms with Crippen LogP contribution in [0.5, 0.6) is 5.75 Å². The summed E-state index contributed by atoms with van der Waals surface area (Å²) in [6.45, 7) is 0.689. The molecule has 0 bridgehead atoms. The Hall–Kier alpha value is -2.63. The Morgan fingerprint density at radius 3 is 3.25 bits per heavy atom. The summed E-state index contributed by atoms with van der Waals surface area (Å²) in [5.41, 5.74) is 1.98. The van der Waals surface area contributed by atoms with Gasteiger partial charge in [0.15, 0.2) is 5.82 Å². The van der Waals surface area contributed by atoms with Crippen LogP contribution in [-0.2, 0) is 6.42 Å². The molecule has 3 aromatic rings. The molecule has 100 valence electrons. The van der Waals surface area contributed by atoms with Crippen LogP contribution in [0.2, 0.25) is 0 Å². The van der Waals surface area contributed by atoms with Gasteiger partial charge >= 0.3 is 0 Å². The van der Waals surface area contributed by atoms with Crippen molar-refractivity contribution in [2.45, 2.75) is 12.5 Å². The minimum Gasteiger partial charge on any atom is -0.488 e. The maximum Gasteiger partial charge on any atom is 0.203 e. The maximum absolute atomic E-state index is 5.89. The van der Waals surface area contributed by atoms with Crippen LogP contribution in [0.25, 0.3) is 5.65 Å². The van der Waals surface area contributed by atoms with Gasteiger partial charge in [0, 0.05) is 18.8 Å². The molecule has 1 aliphatic heterocycles. The first-order valence-corrected chi connectivity index (χ1v) is 6.53. The molecule has 2 aromatic heterocycles. The van der Waals surface area contributed by atoms with Gasteiger partial charge in [0.05, 0.1) is 6.54 Å². The van der Waals surface area contributed by atoms with E-state index in [0.29, 0.717) is 6.54 Å². The summed E-state index contributed by atoms with van der Waals surface area (Å²) in [5, 5.41) is 11.2. The first kappa shape index (κ1) is 11.2. The van der Waals surface area contributed by atoms with Crippen molar-refractivity contribution in [3.8, 4) is 5.75 Å². The summed E-state index contributed by atoms with van der Waals surface area (Å²) in [5.74, 6) is 1.71. The molecule has 1 aromatic carbocycles. The van der Waals surface area contributed by atoms with Gasteiger partial charge in [0.1, 0.15) is 18.2 Å². The Labute approximate surface area is 115 Å². The molecular formula is C14H13N5O.